The monoisotopic (exact) mass is 732 g/mol. The van der Waals surface area contributed by atoms with Gasteiger partial charge in [0.15, 0.2) is 0 Å². The van der Waals surface area contributed by atoms with E-state index in [1.165, 1.54) is 54.6 Å². The Balaban J connectivity index is 1.35. The molecule has 0 bridgehead atoms. The molecule has 1 aliphatic heterocycles. The van der Waals surface area contributed by atoms with Gasteiger partial charge in [-0.1, -0.05) is 153 Å². The zero-order chi connectivity index (χ0) is 38.1. The fourth-order valence-electron chi connectivity index (χ4n) is 9.43. The first-order valence-electron chi connectivity index (χ1n) is 19.8. The second kappa shape index (κ2) is 13.0. The first-order valence-corrected chi connectivity index (χ1v) is 19.8. The summed E-state index contributed by atoms with van der Waals surface area (Å²) in [5.74, 6) is 1.90. The summed E-state index contributed by atoms with van der Waals surface area (Å²) in [6, 6.07) is 59.8. The number of anilines is 5. The Labute approximate surface area is 332 Å². The molecule has 0 saturated heterocycles. The predicted molar refractivity (Wildman–Crippen MR) is 240 cm³/mol. The number of hydrogen-bond acceptors (Lipinski definition) is 4. The van der Waals surface area contributed by atoms with Crippen LogP contribution in [0.2, 0.25) is 0 Å². The smallest absolute Gasteiger partial charge is 0.137 e. The molecule has 0 atom stereocenters. The predicted octanol–water partition coefficient (Wildman–Crippen LogP) is 13.6. The highest BCUT2D eigenvalue weighted by Crippen LogP contribution is 2.56. The Morgan fingerprint density at radius 1 is 0.509 bits per heavy atom. The van der Waals surface area contributed by atoms with Crippen LogP contribution in [0.4, 0.5) is 28.6 Å². The number of nitrogens with one attached hydrogen (secondary N) is 1. The van der Waals surface area contributed by atoms with E-state index in [9.17, 15) is 0 Å². The number of aromatic nitrogens is 1. The van der Waals surface area contributed by atoms with Crippen molar-refractivity contribution in [1.29, 1.82) is 0 Å². The largest absolute Gasteiger partial charge is 0.368 e. The average molecular weight is 733 g/mol. The van der Waals surface area contributed by atoms with E-state index in [2.05, 4.69) is 205 Å². The van der Waals surface area contributed by atoms with Crippen LogP contribution in [0.15, 0.2) is 194 Å². The van der Waals surface area contributed by atoms with Crippen LogP contribution in [-0.2, 0) is 5.41 Å². The molecular weight excluding hydrogens is 693 g/mol. The number of benzene rings is 8. The molecule has 57 heavy (non-hydrogen) atoms. The fraction of sp³-hybridized carbons (Fsp3) is 0.0755. The zero-order valence-corrected chi connectivity index (χ0v) is 31.9. The average Bonchev–Trinajstić information content (AvgIpc) is 3.49. The molecule has 1 N–H and O–H groups in total. The SMILES string of the molecule is CC1(C)c2ccccc2-c2cc3c(N(C4=CC=CCN4)c4cccc5ccccc45)c4ccccc4c(N(c4ccccn4)c4cccc5ccccc45)c3cc21. The summed E-state index contributed by atoms with van der Waals surface area (Å²) in [5, 5.41) is 13.2. The first-order chi connectivity index (χ1) is 28.1. The molecule has 1 aromatic heterocycles. The highest BCUT2D eigenvalue weighted by molar-refractivity contribution is 6.25. The molecule has 0 radical (unpaired) electrons. The van der Waals surface area contributed by atoms with Crippen LogP contribution in [0.3, 0.4) is 0 Å². The highest BCUT2D eigenvalue weighted by atomic mass is 15.3. The van der Waals surface area contributed by atoms with E-state index in [1.54, 1.807) is 0 Å². The lowest BCUT2D eigenvalue weighted by molar-refractivity contribution is 0.661. The van der Waals surface area contributed by atoms with E-state index in [1.807, 2.05) is 12.3 Å². The third kappa shape index (κ3) is 5.11. The number of allylic oxidation sites excluding steroid dienone is 2. The topological polar surface area (TPSA) is 31.4 Å². The van der Waals surface area contributed by atoms with Crippen LogP contribution in [-0.4, -0.2) is 11.5 Å². The first kappa shape index (κ1) is 33.2. The second-order valence-electron chi connectivity index (χ2n) is 15.6. The maximum atomic E-state index is 5.09. The van der Waals surface area contributed by atoms with Crippen molar-refractivity contribution in [2.24, 2.45) is 0 Å². The van der Waals surface area contributed by atoms with Gasteiger partial charge in [0.1, 0.15) is 11.6 Å². The molecule has 0 fully saturated rings. The van der Waals surface area contributed by atoms with Crippen molar-refractivity contribution in [2.75, 3.05) is 16.3 Å². The quantitative estimate of drug-likeness (QED) is 0.136. The van der Waals surface area contributed by atoms with Crippen molar-refractivity contribution in [2.45, 2.75) is 19.3 Å². The van der Waals surface area contributed by atoms with Crippen molar-refractivity contribution >= 4 is 71.7 Å². The summed E-state index contributed by atoms with van der Waals surface area (Å²) >= 11 is 0. The Morgan fingerprint density at radius 3 is 1.75 bits per heavy atom. The van der Waals surface area contributed by atoms with Crippen LogP contribution in [0.25, 0.3) is 54.2 Å². The van der Waals surface area contributed by atoms with Crippen molar-refractivity contribution in [3.05, 3.63) is 205 Å². The van der Waals surface area contributed by atoms with Gasteiger partial charge in [0.25, 0.3) is 0 Å². The number of hydrogen-bond donors (Lipinski definition) is 1. The molecule has 272 valence electrons. The van der Waals surface area contributed by atoms with Gasteiger partial charge < -0.3 is 5.32 Å². The van der Waals surface area contributed by atoms with Gasteiger partial charge in [-0.2, -0.15) is 0 Å². The molecular formula is C53H40N4. The van der Waals surface area contributed by atoms with Crippen molar-refractivity contribution in [1.82, 2.24) is 10.3 Å². The molecule has 0 amide bonds. The van der Waals surface area contributed by atoms with Gasteiger partial charge in [0.05, 0.1) is 22.7 Å². The Bertz CT molecular complexity index is 3110. The van der Waals surface area contributed by atoms with Crippen LogP contribution < -0.4 is 15.1 Å². The minimum absolute atomic E-state index is 0.202. The summed E-state index contributed by atoms with van der Waals surface area (Å²) in [4.78, 5) is 9.97. The van der Waals surface area contributed by atoms with Gasteiger partial charge in [0, 0.05) is 50.5 Å². The van der Waals surface area contributed by atoms with E-state index in [-0.39, 0.29) is 5.41 Å². The standard InChI is InChI=1S/C53H40N4/c1-53(2)45-26-10-9-23-39(45)42-33-43-44(34-46(42)53)52(57(50-30-12-14-32-55-50)48-28-16-20-36-18-4-6-22-38(36)48)41-25-8-7-24-40(41)51(43)56(49-29-11-13-31-54-49)47-27-15-19-35-17-3-5-21-37(35)47/h3-30,32-34,54H,31H2,1-2H3. The van der Waals surface area contributed by atoms with Crippen LogP contribution in [0, 0.1) is 0 Å². The van der Waals surface area contributed by atoms with Gasteiger partial charge in [-0.3, -0.25) is 9.80 Å². The summed E-state index contributed by atoms with van der Waals surface area (Å²) < 4.78 is 0. The van der Waals surface area contributed by atoms with Gasteiger partial charge in [-0.05, 0) is 75.5 Å². The van der Waals surface area contributed by atoms with Crippen molar-refractivity contribution in [3.8, 4) is 11.1 Å². The molecule has 0 unspecified atom stereocenters. The van der Waals surface area contributed by atoms with Crippen LogP contribution in [0.1, 0.15) is 25.0 Å². The minimum Gasteiger partial charge on any atom is -0.368 e. The number of dihydropyridines is 1. The highest BCUT2D eigenvalue weighted by Gasteiger charge is 2.37. The number of pyridine rings is 1. The number of rotatable bonds is 6. The van der Waals surface area contributed by atoms with Gasteiger partial charge in [0.2, 0.25) is 0 Å². The third-order valence-electron chi connectivity index (χ3n) is 12.0. The van der Waals surface area contributed by atoms with Gasteiger partial charge in [-0.15, -0.1) is 0 Å². The fourth-order valence-corrected chi connectivity index (χ4v) is 9.43. The normalized spacial score (nSPS) is 14.0. The second-order valence-corrected chi connectivity index (χ2v) is 15.6. The van der Waals surface area contributed by atoms with E-state index in [0.29, 0.717) is 0 Å². The summed E-state index contributed by atoms with van der Waals surface area (Å²) in [6.07, 6.45) is 8.45. The van der Waals surface area contributed by atoms with E-state index in [0.717, 1.165) is 51.7 Å². The maximum absolute atomic E-state index is 5.09. The molecule has 9 aromatic rings. The summed E-state index contributed by atoms with van der Waals surface area (Å²) in [6.45, 7) is 5.49. The van der Waals surface area contributed by atoms with E-state index < -0.39 is 0 Å². The van der Waals surface area contributed by atoms with Gasteiger partial charge >= 0.3 is 0 Å². The summed E-state index contributed by atoms with van der Waals surface area (Å²) in [7, 11) is 0. The Hall–Kier alpha value is -7.17. The molecule has 4 nitrogen and oxygen atoms in total. The van der Waals surface area contributed by atoms with Crippen molar-refractivity contribution in [3.63, 3.8) is 0 Å². The molecule has 4 heteroatoms. The van der Waals surface area contributed by atoms with E-state index in [4.69, 9.17) is 4.98 Å². The molecule has 2 heterocycles. The van der Waals surface area contributed by atoms with E-state index >= 15 is 0 Å². The molecule has 0 saturated carbocycles. The molecule has 1 aliphatic carbocycles. The number of nitrogens with zero attached hydrogens (tertiary/aromatic N) is 3. The molecule has 11 rings (SSSR count). The summed E-state index contributed by atoms with van der Waals surface area (Å²) in [5.41, 5.74) is 9.51. The van der Waals surface area contributed by atoms with Gasteiger partial charge in [-0.25, -0.2) is 4.98 Å². The molecule has 8 aromatic carbocycles. The van der Waals surface area contributed by atoms with Crippen LogP contribution >= 0.6 is 0 Å². The zero-order valence-electron chi connectivity index (χ0n) is 31.9. The third-order valence-corrected chi connectivity index (χ3v) is 12.0. The van der Waals surface area contributed by atoms with Crippen molar-refractivity contribution < 1.29 is 0 Å². The number of fused-ring (bicyclic) bond motifs is 7. The lowest BCUT2D eigenvalue weighted by Gasteiger charge is -2.35. The lowest BCUT2D eigenvalue weighted by atomic mass is 9.81. The maximum Gasteiger partial charge on any atom is 0.137 e. The molecule has 0 spiro atoms. The molecule has 2 aliphatic rings. The lowest BCUT2D eigenvalue weighted by Crippen LogP contribution is -2.30. The minimum atomic E-state index is -0.202. The van der Waals surface area contributed by atoms with Crippen LogP contribution in [0.5, 0.6) is 0 Å². The Morgan fingerprint density at radius 2 is 1.09 bits per heavy atom. The Kier molecular flexibility index (Phi) is 7.55.